The van der Waals surface area contributed by atoms with E-state index >= 15 is 0 Å². The van der Waals surface area contributed by atoms with Gasteiger partial charge in [-0.25, -0.2) is 15.0 Å². The van der Waals surface area contributed by atoms with Crippen molar-refractivity contribution in [3.05, 3.63) is 33.5 Å². The molecule has 0 atom stereocenters. The summed E-state index contributed by atoms with van der Waals surface area (Å²) in [6.45, 7) is 4.48. The Hall–Kier alpha value is -2.02. The van der Waals surface area contributed by atoms with Crippen LogP contribution in [0, 0.1) is 13.8 Å². The summed E-state index contributed by atoms with van der Waals surface area (Å²) in [5, 5.41) is 0. The number of likely N-dealkylation sites (N-methyl/N-ethyl adjacent to an activating group) is 1. The zero-order valence-electron chi connectivity index (χ0n) is 13.6. The van der Waals surface area contributed by atoms with Gasteiger partial charge in [0.2, 0.25) is 5.95 Å². The van der Waals surface area contributed by atoms with Crippen molar-refractivity contribution in [2.75, 3.05) is 32.6 Å². The number of hydrogen-bond acceptors (Lipinski definition) is 6. The molecule has 7 heteroatoms. The molecule has 2 aromatic rings. The third kappa shape index (κ3) is 3.59. The van der Waals surface area contributed by atoms with Crippen molar-refractivity contribution in [1.82, 2.24) is 19.9 Å². The molecule has 0 N–H and O–H groups in total. The zero-order valence-corrected chi connectivity index (χ0v) is 14.4. The van der Waals surface area contributed by atoms with E-state index in [0.29, 0.717) is 23.8 Å². The van der Waals surface area contributed by atoms with Crippen molar-refractivity contribution in [3.63, 3.8) is 0 Å². The highest BCUT2D eigenvalue weighted by molar-refractivity contribution is 7.09. The van der Waals surface area contributed by atoms with Crippen LogP contribution in [-0.2, 0) is 6.42 Å². The highest BCUT2D eigenvalue weighted by Gasteiger charge is 2.17. The van der Waals surface area contributed by atoms with Crippen LogP contribution in [0.5, 0.6) is 0 Å². The molecule has 0 spiro atoms. The number of rotatable bonds is 5. The predicted octanol–water partition coefficient (Wildman–Crippen LogP) is 1.93. The van der Waals surface area contributed by atoms with Gasteiger partial charge in [-0.1, -0.05) is 0 Å². The van der Waals surface area contributed by atoms with Crippen molar-refractivity contribution >= 4 is 23.2 Å². The summed E-state index contributed by atoms with van der Waals surface area (Å²) in [7, 11) is 5.55. The summed E-state index contributed by atoms with van der Waals surface area (Å²) in [5.41, 5.74) is 4.13. The van der Waals surface area contributed by atoms with Gasteiger partial charge in [0.05, 0.1) is 22.5 Å². The average molecular weight is 319 g/mol. The van der Waals surface area contributed by atoms with Crippen LogP contribution in [0.2, 0.25) is 0 Å². The third-order valence-electron chi connectivity index (χ3n) is 3.46. The first-order valence-electron chi connectivity index (χ1n) is 7.05. The highest BCUT2D eigenvalue weighted by atomic mass is 32.1. The molecule has 0 aromatic carbocycles. The molecule has 2 rings (SSSR count). The van der Waals surface area contributed by atoms with Gasteiger partial charge in [0.25, 0.3) is 5.91 Å². The van der Waals surface area contributed by atoms with E-state index in [9.17, 15) is 4.79 Å². The lowest BCUT2D eigenvalue weighted by Gasteiger charge is -2.18. The van der Waals surface area contributed by atoms with Gasteiger partial charge in [-0.3, -0.25) is 4.79 Å². The molecule has 2 heterocycles. The first-order chi connectivity index (χ1) is 10.4. The van der Waals surface area contributed by atoms with E-state index in [1.165, 1.54) is 4.88 Å². The van der Waals surface area contributed by atoms with Crippen molar-refractivity contribution in [1.29, 1.82) is 0 Å². The van der Waals surface area contributed by atoms with E-state index < -0.39 is 0 Å². The standard InChI is InChI=1S/C15H21N5OS/c1-10-12(8-16-15(18-10)19(3)4)14(21)20(5)7-6-13-11(2)17-9-22-13/h8-9H,6-7H2,1-5H3. The predicted molar refractivity (Wildman–Crippen MR) is 88.6 cm³/mol. The highest BCUT2D eigenvalue weighted by Crippen LogP contribution is 2.15. The Bertz CT molecular complexity index is 668. The van der Waals surface area contributed by atoms with Crippen molar-refractivity contribution < 1.29 is 4.79 Å². The second-order valence-electron chi connectivity index (χ2n) is 5.40. The minimum absolute atomic E-state index is 0.0509. The quantitative estimate of drug-likeness (QED) is 0.843. The van der Waals surface area contributed by atoms with Crippen LogP contribution in [0.1, 0.15) is 26.6 Å². The Morgan fingerprint density at radius 2 is 1.91 bits per heavy atom. The van der Waals surface area contributed by atoms with Crippen LogP contribution in [0.4, 0.5) is 5.95 Å². The fraction of sp³-hybridized carbons (Fsp3) is 0.467. The summed E-state index contributed by atoms with van der Waals surface area (Å²) >= 11 is 1.63. The lowest BCUT2D eigenvalue weighted by atomic mass is 10.2. The van der Waals surface area contributed by atoms with E-state index in [1.54, 1.807) is 29.5 Å². The molecule has 0 saturated carbocycles. The Balaban J connectivity index is 2.05. The summed E-state index contributed by atoms with van der Waals surface area (Å²) in [6, 6.07) is 0. The Morgan fingerprint density at radius 3 is 2.45 bits per heavy atom. The second-order valence-corrected chi connectivity index (χ2v) is 6.34. The fourth-order valence-corrected chi connectivity index (χ4v) is 2.79. The topological polar surface area (TPSA) is 62.2 Å². The molecule has 22 heavy (non-hydrogen) atoms. The normalized spacial score (nSPS) is 10.6. The van der Waals surface area contributed by atoms with E-state index in [-0.39, 0.29) is 5.91 Å². The number of carbonyl (C=O) groups is 1. The van der Waals surface area contributed by atoms with Gasteiger partial charge in [-0.15, -0.1) is 11.3 Å². The van der Waals surface area contributed by atoms with Gasteiger partial charge in [-0.2, -0.15) is 0 Å². The Morgan fingerprint density at radius 1 is 1.18 bits per heavy atom. The molecular formula is C15H21N5OS. The average Bonchev–Trinajstić information content (AvgIpc) is 2.89. The second kappa shape index (κ2) is 6.83. The van der Waals surface area contributed by atoms with Gasteiger partial charge in [0.1, 0.15) is 0 Å². The number of amides is 1. The van der Waals surface area contributed by atoms with Crippen molar-refractivity contribution in [2.45, 2.75) is 20.3 Å². The van der Waals surface area contributed by atoms with Crippen LogP contribution in [0.15, 0.2) is 11.7 Å². The van der Waals surface area contributed by atoms with Crippen LogP contribution in [0.25, 0.3) is 0 Å². The molecule has 1 amide bonds. The molecule has 0 bridgehead atoms. The van der Waals surface area contributed by atoms with Crippen LogP contribution in [0.3, 0.4) is 0 Å². The van der Waals surface area contributed by atoms with Gasteiger partial charge in [0, 0.05) is 45.2 Å². The van der Waals surface area contributed by atoms with E-state index in [4.69, 9.17) is 0 Å². The van der Waals surface area contributed by atoms with Gasteiger partial charge >= 0.3 is 0 Å². The van der Waals surface area contributed by atoms with E-state index in [0.717, 1.165) is 12.1 Å². The maximum Gasteiger partial charge on any atom is 0.257 e. The number of aromatic nitrogens is 3. The zero-order chi connectivity index (χ0) is 16.3. The van der Waals surface area contributed by atoms with E-state index in [1.807, 2.05) is 38.4 Å². The molecule has 0 radical (unpaired) electrons. The number of hydrogen-bond donors (Lipinski definition) is 0. The van der Waals surface area contributed by atoms with Crippen molar-refractivity contribution in [2.24, 2.45) is 0 Å². The molecule has 0 aliphatic heterocycles. The SMILES string of the molecule is Cc1nc(N(C)C)ncc1C(=O)N(C)CCc1scnc1C. The molecule has 0 fully saturated rings. The lowest BCUT2D eigenvalue weighted by molar-refractivity contribution is 0.0795. The first-order valence-corrected chi connectivity index (χ1v) is 7.93. The minimum atomic E-state index is -0.0509. The summed E-state index contributed by atoms with van der Waals surface area (Å²) in [6.07, 6.45) is 2.42. The van der Waals surface area contributed by atoms with Crippen LogP contribution in [-0.4, -0.2) is 53.4 Å². The monoisotopic (exact) mass is 319 g/mol. The number of nitrogens with zero attached hydrogens (tertiary/aromatic N) is 5. The molecule has 0 unspecified atom stereocenters. The molecule has 0 aliphatic carbocycles. The summed E-state index contributed by atoms with van der Waals surface area (Å²) < 4.78 is 0. The van der Waals surface area contributed by atoms with E-state index in [2.05, 4.69) is 15.0 Å². The number of anilines is 1. The molecule has 6 nitrogen and oxygen atoms in total. The largest absolute Gasteiger partial charge is 0.347 e. The number of carbonyl (C=O) groups excluding carboxylic acids is 1. The lowest BCUT2D eigenvalue weighted by Crippen LogP contribution is -2.30. The third-order valence-corrected chi connectivity index (χ3v) is 4.46. The molecule has 0 aliphatic rings. The number of thiazole rings is 1. The maximum absolute atomic E-state index is 12.5. The summed E-state index contributed by atoms with van der Waals surface area (Å²) in [4.78, 5) is 30.1. The van der Waals surface area contributed by atoms with Crippen molar-refractivity contribution in [3.8, 4) is 0 Å². The Kier molecular flexibility index (Phi) is 5.07. The molecule has 118 valence electrons. The van der Waals surface area contributed by atoms with Gasteiger partial charge < -0.3 is 9.80 Å². The summed E-state index contributed by atoms with van der Waals surface area (Å²) in [5.74, 6) is 0.557. The van der Waals surface area contributed by atoms with Gasteiger partial charge in [-0.05, 0) is 13.8 Å². The van der Waals surface area contributed by atoms with Crippen LogP contribution >= 0.6 is 11.3 Å². The fourth-order valence-electron chi connectivity index (χ4n) is 2.02. The number of aryl methyl sites for hydroxylation is 2. The van der Waals surface area contributed by atoms with Gasteiger partial charge in [0.15, 0.2) is 0 Å². The molecular weight excluding hydrogens is 298 g/mol. The minimum Gasteiger partial charge on any atom is -0.347 e. The Labute approximate surface area is 134 Å². The maximum atomic E-state index is 12.5. The first kappa shape index (κ1) is 16.4. The van der Waals surface area contributed by atoms with Crippen LogP contribution < -0.4 is 4.90 Å². The smallest absolute Gasteiger partial charge is 0.257 e. The molecule has 2 aromatic heterocycles. The molecule has 0 saturated heterocycles.